The van der Waals surface area contributed by atoms with E-state index < -0.39 is 24.7 Å². The van der Waals surface area contributed by atoms with Gasteiger partial charge in [0.2, 0.25) is 0 Å². The molecule has 0 aliphatic rings. The lowest BCUT2D eigenvalue weighted by Crippen LogP contribution is -2.32. The minimum Gasteiger partial charge on any atom is -0.504 e. The van der Waals surface area contributed by atoms with Crippen molar-refractivity contribution in [1.82, 2.24) is 0 Å². The van der Waals surface area contributed by atoms with Crippen molar-refractivity contribution in [1.29, 1.82) is 0 Å². The summed E-state index contributed by atoms with van der Waals surface area (Å²) < 4.78 is 5.88. The third kappa shape index (κ3) is 6.29. The highest BCUT2D eigenvalue weighted by Crippen LogP contribution is 2.33. The SMILES string of the molecule is C=C[C@@H]([C@H](O)CO)[C@H](O)CC/C(=C/c1cc(I)c(O)c(OC)c1)CC. The molecule has 1 rings (SSSR count). The van der Waals surface area contributed by atoms with Gasteiger partial charge in [-0.15, -0.1) is 6.58 Å². The minimum atomic E-state index is -1.01. The normalized spacial score (nSPS) is 15.5. The lowest BCUT2D eigenvalue weighted by atomic mass is 9.91. The van der Waals surface area contributed by atoms with Crippen LogP contribution in [0, 0.1) is 9.49 Å². The summed E-state index contributed by atoms with van der Waals surface area (Å²) in [5, 5.41) is 38.9. The van der Waals surface area contributed by atoms with E-state index in [9.17, 15) is 15.3 Å². The van der Waals surface area contributed by atoms with Crippen LogP contribution in [0.15, 0.2) is 30.4 Å². The Kier molecular flexibility index (Phi) is 9.48. The van der Waals surface area contributed by atoms with Crippen LogP contribution in [0.5, 0.6) is 11.5 Å². The molecule has 0 unspecified atom stereocenters. The van der Waals surface area contributed by atoms with Gasteiger partial charge >= 0.3 is 0 Å². The molecule has 0 radical (unpaired) electrons. The van der Waals surface area contributed by atoms with Crippen molar-refractivity contribution in [2.45, 2.75) is 38.4 Å². The third-order valence-corrected chi connectivity index (χ3v) is 5.03. The number of phenolic OH excluding ortho intramolecular Hbond substituents is 1. The summed E-state index contributed by atoms with van der Waals surface area (Å²) in [7, 11) is 1.51. The van der Waals surface area contributed by atoms with E-state index in [1.807, 2.05) is 19.1 Å². The largest absolute Gasteiger partial charge is 0.504 e. The van der Waals surface area contributed by atoms with Crippen molar-refractivity contribution in [3.63, 3.8) is 0 Å². The molecular weight excluding hydrogens is 435 g/mol. The van der Waals surface area contributed by atoms with Crippen molar-refractivity contribution in [3.05, 3.63) is 39.5 Å². The summed E-state index contributed by atoms with van der Waals surface area (Å²) in [6, 6.07) is 3.64. The van der Waals surface area contributed by atoms with Crippen molar-refractivity contribution < 1.29 is 25.2 Å². The van der Waals surface area contributed by atoms with Gasteiger partial charge in [-0.3, -0.25) is 0 Å². The summed E-state index contributed by atoms with van der Waals surface area (Å²) in [6.07, 6.45) is 3.64. The molecule has 0 saturated carbocycles. The summed E-state index contributed by atoms with van der Waals surface area (Å²) in [5.41, 5.74) is 2.05. The molecule has 3 atom stereocenters. The molecule has 0 heterocycles. The van der Waals surface area contributed by atoms with Crippen molar-refractivity contribution in [3.8, 4) is 11.5 Å². The molecular formula is C19H27IO5. The fourth-order valence-corrected chi connectivity index (χ4v) is 3.26. The summed E-state index contributed by atoms with van der Waals surface area (Å²) >= 11 is 2.05. The fourth-order valence-electron chi connectivity index (χ4n) is 2.64. The van der Waals surface area contributed by atoms with Crippen molar-refractivity contribution >= 4 is 28.7 Å². The van der Waals surface area contributed by atoms with Gasteiger partial charge in [-0.05, 0) is 59.5 Å². The van der Waals surface area contributed by atoms with Crippen LogP contribution in [-0.2, 0) is 0 Å². The molecule has 140 valence electrons. The van der Waals surface area contributed by atoms with Crippen LogP contribution in [0.3, 0.4) is 0 Å². The molecule has 0 saturated heterocycles. The Morgan fingerprint density at radius 3 is 2.52 bits per heavy atom. The second-order valence-electron chi connectivity index (χ2n) is 5.88. The molecule has 6 heteroatoms. The number of methoxy groups -OCH3 is 1. The van der Waals surface area contributed by atoms with Gasteiger partial charge in [-0.25, -0.2) is 0 Å². The fraction of sp³-hybridized carbons (Fsp3) is 0.474. The average Bonchev–Trinajstić information content (AvgIpc) is 2.61. The smallest absolute Gasteiger partial charge is 0.171 e. The second-order valence-corrected chi connectivity index (χ2v) is 7.04. The lowest BCUT2D eigenvalue weighted by molar-refractivity contribution is 0.00211. The first kappa shape index (κ1) is 22.0. The van der Waals surface area contributed by atoms with Gasteiger partial charge in [0, 0.05) is 5.92 Å². The van der Waals surface area contributed by atoms with Gasteiger partial charge in [0.1, 0.15) is 0 Å². The van der Waals surface area contributed by atoms with Crippen LogP contribution in [0.25, 0.3) is 6.08 Å². The first-order valence-corrected chi connectivity index (χ1v) is 9.31. The molecule has 0 amide bonds. The maximum Gasteiger partial charge on any atom is 0.171 e. The highest BCUT2D eigenvalue weighted by atomic mass is 127. The zero-order valence-corrected chi connectivity index (χ0v) is 16.8. The number of aliphatic hydroxyl groups excluding tert-OH is 3. The molecule has 4 N–H and O–H groups in total. The number of hydrogen-bond donors (Lipinski definition) is 4. The van der Waals surface area contributed by atoms with E-state index in [-0.39, 0.29) is 5.75 Å². The number of aliphatic hydroxyl groups is 3. The van der Waals surface area contributed by atoms with Crippen LogP contribution in [0.1, 0.15) is 31.7 Å². The number of hydrogen-bond acceptors (Lipinski definition) is 5. The Balaban J connectivity index is 2.87. The quantitative estimate of drug-likeness (QED) is 0.317. The van der Waals surface area contributed by atoms with Gasteiger partial charge < -0.3 is 25.2 Å². The second kappa shape index (κ2) is 10.8. The number of benzene rings is 1. The Morgan fingerprint density at radius 2 is 2.00 bits per heavy atom. The molecule has 0 fully saturated rings. The van der Waals surface area contributed by atoms with E-state index in [0.29, 0.717) is 22.2 Å². The molecule has 0 aromatic heterocycles. The van der Waals surface area contributed by atoms with Gasteiger partial charge in [0.05, 0.1) is 29.5 Å². The molecule has 1 aromatic rings. The Morgan fingerprint density at radius 1 is 1.32 bits per heavy atom. The van der Waals surface area contributed by atoms with Crippen LogP contribution in [0.2, 0.25) is 0 Å². The molecule has 0 aliphatic heterocycles. The number of ether oxygens (including phenoxy) is 1. The van der Waals surface area contributed by atoms with Gasteiger partial charge in [0.25, 0.3) is 0 Å². The average molecular weight is 462 g/mol. The maximum absolute atomic E-state index is 10.3. The predicted molar refractivity (Wildman–Crippen MR) is 108 cm³/mol. The summed E-state index contributed by atoms with van der Waals surface area (Å²) in [6.45, 7) is 5.25. The molecule has 1 aromatic carbocycles. The number of allylic oxidation sites excluding steroid dienone is 1. The van der Waals surface area contributed by atoms with Crippen molar-refractivity contribution in [2.75, 3.05) is 13.7 Å². The van der Waals surface area contributed by atoms with Crippen LogP contribution < -0.4 is 4.74 Å². The molecule has 0 bridgehead atoms. The maximum atomic E-state index is 10.3. The van der Waals surface area contributed by atoms with E-state index in [4.69, 9.17) is 9.84 Å². The highest BCUT2D eigenvalue weighted by Gasteiger charge is 2.23. The Bertz CT molecular complexity index is 600. The standard InChI is InChI=1S/C19H27IO5/c1-4-12(6-7-16(22)14(5-2)17(23)11-21)8-13-9-15(20)19(24)18(10-13)25-3/h5,8-10,14,16-17,21-24H,2,4,6-7,11H2,1,3H3/b12-8+/t14-,16-,17-/m1/s1. The van der Waals surface area contributed by atoms with E-state index in [2.05, 4.69) is 29.2 Å². The monoisotopic (exact) mass is 462 g/mol. The summed E-state index contributed by atoms with van der Waals surface area (Å²) in [4.78, 5) is 0. The van der Waals surface area contributed by atoms with Crippen LogP contribution >= 0.6 is 22.6 Å². The van der Waals surface area contributed by atoms with Crippen LogP contribution in [0.4, 0.5) is 0 Å². The van der Waals surface area contributed by atoms with E-state index in [1.165, 1.54) is 13.2 Å². The summed E-state index contributed by atoms with van der Waals surface area (Å²) in [5.74, 6) is -0.00946. The van der Waals surface area contributed by atoms with E-state index >= 15 is 0 Å². The number of phenols is 1. The predicted octanol–water partition coefficient (Wildman–Crippen LogP) is 3.10. The minimum absolute atomic E-state index is 0.125. The number of halogens is 1. The molecule has 25 heavy (non-hydrogen) atoms. The number of aromatic hydroxyl groups is 1. The molecule has 5 nitrogen and oxygen atoms in total. The first-order valence-electron chi connectivity index (χ1n) is 8.23. The van der Waals surface area contributed by atoms with Gasteiger partial charge in [-0.1, -0.05) is 24.6 Å². The zero-order chi connectivity index (χ0) is 19.0. The van der Waals surface area contributed by atoms with Crippen LogP contribution in [-0.4, -0.2) is 46.4 Å². The van der Waals surface area contributed by atoms with Gasteiger partial charge in [-0.2, -0.15) is 0 Å². The Hall–Kier alpha value is -1.09. The lowest BCUT2D eigenvalue weighted by Gasteiger charge is -2.23. The van der Waals surface area contributed by atoms with E-state index in [1.54, 1.807) is 6.07 Å². The molecule has 0 spiro atoms. The topological polar surface area (TPSA) is 90.2 Å². The first-order chi connectivity index (χ1) is 11.9. The van der Waals surface area contributed by atoms with Crippen molar-refractivity contribution in [2.24, 2.45) is 5.92 Å². The van der Waals surface area contributed by atoms with E-state index in [0.717, 1.165) is 17.6 Å². The highest BCUT2D eigenvalue weighted by molar-refractivity contribution is 14.1. The zero-order valence-electron chi connectivity index (χ0n) is 14.7. The number of rotatable bonds is 10. The third-order valence-electron chi connectivity index (χ3n) is 4.20. The molecule has 0 aliphatic carbocycles. The van der Waals surface area contributed by atoms with Gasteiger partial charge in [0.15, 0.2) is 11.5 Å². The Labute approximate surface area is 162 Å².